The van der Waals surface area contributed by atoms with E-state index in [2.05, 4.69) is 29.3 Å². The van der Waals surface area contributed by atoms with Gasteiger partial charge in [0, 0.05) is 17.5 Å². The minimum absolute atomic E-state index is 0.457. The Balaban J connectivity index is 2.03. The molecule has 3 heteroatoms. The van der Waals surface area contributed by atoms with Crippen molar-refractivity contribution >= 4 is 11.3 Å². The number of rotatable bonds is 7. The van der Waals surface area contributed by atoms with Gasteiger partial charge in [0.15, 0.2) is 0 Å². The lowest BCUT2D eigenvalue weighted by Gasteiger charge is -2.30. The van der Waals surface area contributed by atoms with Crippen LogP contribution in [-0.2, 0) is 0 Å². The minimum Gasteiger partial charge on any atom is -0.329 e. The second kappa shape index (κ2) is 5.80. The molecule has 1 heterocycles. The molecule has 1 aromatic rings. The Bertz CT molecular complexity index is 293. The van der Waals surface area contributed by atoms with E-state index < -0.39 is 0 Å². The first-order valence-electron chi connectivity index (χ1n) is 6.36. The van der Waals surface area contributed by atoms with Crippen LogP contribution in [0.5, 0.6) is 0 Å². The highest BCUT2D eigenvalue weighted by atomic mass is 32.1. The molecule has 1 aliphatic carbocycles. The molecule has 0 radical (unpaired) electrons. The number of nitrogens with zero attached hydrogens (tertiary/aromatic N) is 1. The molecule has 16 heavy (non-hydrogen) atoms. The maximum Gasteiger partial charge on any atom is 0.0566 e. The molecule has 1 saturated carbocycles. The largest absolute Gasteiger partial charge is 0.329 e. The van der Waals surface area contributed by atoms with Crippen LogP contribution < -0.4 is 5.73 Å². The molecule has 0 aromatic carbocycles. The van der Waals surface area contributed by atoms with Gasteiger partial charge in [-0.25, -0.2) is 0 Å². The van der Waals surface area contributed by atoms with Crippen molar-refractivity contribution < 1.29 is 0 Å². The van der Waals surface area contributed by atoms with E-state index in [4.69, 9.17) is 5.73 Å². The van der Waals surface area contributed by atoms with Gasteiger partial charge >= 0.3 is 0 Å². The molecule has 0 spiro atoms. The fourth-order valence-corrected chi connectivity index (χ4v) is 3.10. The van der Waals surface area contributed by atoms with Gasteiger partial charge < -0.3 is 5.73 Å². The van der Waals surface area contributed by atoms with Crippen LogP contribution in [0.3, 0.4) is 0 Å². The van der Waals surface area contributed by atoms with Gasteiger partial charge in [-0.15, -0.1) is 11.3 Å². The van der Waals surface area contributed by atoms with Crippen molar-refractivity contribution in [3.8, 4) is 0 Å². The van der Waals surface area contributed by atoms with Crippen molar-refractivity contribution in [3.05, 3.63) is 22.4 Å². The molecule has 90 valence electrons. The summed E-state index contributed by atoms with van der Waals surface area (Å²) in [5.41, 5.74) is 5.97. The van der Waals surface area contributed by atoms with Gasteiger partial charge in [-0.2, -0.15) is 0 Å². The van der Waals surface area contributed by atoms with E-state index in [-0.39, 0.29) is 0 Å². The molecule has 0 saturated heterocycles. The van der Waals surface area contributed by atoms with Crippen LogP contribution in [-0.4, -0.2) is 24.0 Å². The Morgan fingerprint density at radius 2 is 2.38 bits per heavy atom. The summed E-state index contributed by atoms with van der Waals surface area (Å²) in [7, 11) is 0. The lowest BCUT2D eigenvalue weighted by atomic mass is 10.1. The lowest BCUT2D eigenvalue weighted by Crippen LogP contribution is -2.35. The molecular formula is C13H22N2S. The van der Waals surface area contributed by atoms with Gasteiger partial charge in [0.25, 0.3) is 0 Å². The van der Waals surface area contributed by atoms with Crippen molar-refractivity contribution in [2.45, 2.75) is 44.7 Å². The molecule has 1 fully saturated rings. The van der Waals surface area contributed by atoms with Crippen molar-refractivity contribution in [1.82, 2.24) is 4.90 Å². The smallest absolute Gasteiger partial charge is 0.0566 e. The predicted molar refractivity (Wildman–Crippen MR) is 70.8 cm³/mol. The quantitative estimate of drug-likeness (QED) is 0.791. The minimum atomic E-state index is 0.457. The van der Waals surface area contributed by atoms with Gasteiger partial charge in [0.05, 0.1) is 6.04 Å². The van der Waals surface area contributed by atoms with Gasteiger partial charge in [-0.05, 0) is 37.3 Å². The second-order valence-corrected chi connectivity index (χ2v) is 5.57. The third kappa shape index (κ3) is 2.84. The molecule has 1 aliphatic rings. The van der Waals surface area contributed by atoms with E-state index in [1.807, 2.05) is 11.3 Å². The molecule has 2 N–H and O–H groups in total. The number of hydrogen-bond donors (Lipinski definition) is 1. The summed E-state index contributed by atoms with van der Waals surface area (Å²) in [6, 6.07) is 5.62. The third-order valence-corrected chi connectivity index (χ3v) is 4.25. The zero-order chi connectivity index (χ0) is 11.4. The summed E-state index contributed by atoms with van der Waals surface area (Å²) >= 11 is 1.84. The predicted octanol–water partition coefficient (Wildman–Crippen LogP) is 3.01. The zero-order valence-electron chi connectivity index (χ0n) is 10.1. The van der Waals surface area contributed by atoms with E-state index in [1.54, 1.807) is 0 Å². The van der Waals surface area contributed by atoms with Crippen LogP contribution >= 0.6 is 11.3 Å². The van der Waals surface area contributed by atoms with Crippen molar-refractivity contribution in [2.24, 2.45) is 5.73 Å². The van der Waals surface area contributed by atoms with E-state index >= 15 is 0 Å². The monoisotopic (exact) mass is 238 g/mol. The molecule has 0 bridgehead atoms. The Hall–Kier alpha value is -0.380. The normalized spacial score (nSPS) is 17.9. The highest BCUT2D eigenvalue weighted by Gasteiger charge is 2.33. The first kappa shape index (κ1) is 12.1. The van der Waals surface area contributed by atoms with E-state index in [0.717, 1.165) is 12.6 Å². The zero-order valence-corrected chi connectivity index (χ0v) is 10.9. The average Bonchev–Trinajstić information content (AvgIpc) is 3.00. The Labute approximate surface area is 102 Å². The van der Waals surface area contributed by atoms with E-state index in [0.29, 0.717) is 6.04 Å². The average molecular weight is 238 g/mol. The molecule has 0 aliphatic heterocycles. The maximum atomic E-state index is 5.97. The number of thiophene rings is 1. The molecule has 2 rings (SSSR count). The molecule has 1 aromatic heterocycles. The van der Waals surface area contributed by atoms with Crippen molar-refractivity contribution in [2.75, 3.05) is 13.1 Å². The summed E-state index contributed by atoms with van der Waals surface area (Å²) in [5.74, 6) is 0. The topological polar surface area (TPSA) is 29.3 Å². The fraction of sp³-hybridized carbons (Fsp3) is 0.692. The number of hydrogen-bond acceptors (Lipinski definition) is 3. The van der Waals surface area contributed by atoms with Crippen LogP contribution in [0, 0.1) is 0 Å². The van der Waals surface area contributed by atoms with Crippen LogP contribution in [0.2, 0.25) is 0 Å². The summed E-state index contributed by atoms with van der Waals surface area (Å²) in [6.45, 7) is 4.22. The van der Waals surface area contributed by atoms with E-state index in [1.165, 1.54) is 37.1 Å². The van der Waals surface area contributed by atoms with Gasteiger partial charge in [-0.3, -0.25) is 4.90 Å². The van der Waals surface area contributed by atoms with Gasteiger partial charge in [0.1, 0.15) is 0 Å². The third-order valence-electron chi connectivity index (χ3n) is 3.28. The van der Waals surface area contributed by atoms with Crippen LogP contribution in [0.25, 0.3) is 0 Å². The molecule has 0 amide bonds. The first-order chi connectivity index (χ1) is 7.86. The number of nitrogens with two attached hydrogens (primary N) is 1. The first-order valence-corrected chi connectivity index (χ1v) is 7.24. The Morgan fingerprint density at radius 3 is 2.88 bits per heavy atom. The van der Waals surface area contributed by atoms with E-state index in [9.17, 15) is 0 Å². The van der Waals surface area contributed by atoms with Gasteiger partial charge in [-0.1, -0.05) is 19.4 Å². The summed E-state index contributed by atoms with van der Waals surface area (Å²) in [4.78, 5) is 4.07. The van der Waals surface area contributed by atoms with Crippen molar-refractivity contribution in [1.29, 1.82) is 0 Å². The summed E-state index contributed by atoms with van der Waals surface area (Å²) in [6.07, 6.45) is 5.29. The molecule has 1 atom stereocenters. The lowest BCUT2D eigenvalue weighted by molar-refractivity contribution is 0.191. The van der Waals surface area contributed by atoms with Crippen LogP contribution in [0.4, 0.5) is 0 Å². The fourth-order valence-electron chi connectivity index (χ4n) is 2.24. The molecule has 1 unspecified atom stereocenters. The molecular weight excluding hydrogens is 216 g/mol. The summed E-state index contributed by atoms with van der Waals surface area (Å²) in [5, 5.41) is 2.16. The summed E-state index contributed by atoms with van der Waals surface area (Å²) < 4.78 is 0. The molecule has 2 nitrogen and oxygen atoms in total. The number of unbranched alkanes of at least 4 members (excludes halogenated alkanes) is 1. The Morgan fingerprint density at radius 1 is 1.56 bits per heavy atom. The van der Waals surface area contributed by atoms with Crippen LogP contribution in [0.15, 0.2) is 17.5 Å². The highest BCUT2D eigenvalue weighted by Crippen LogP contribution is 2.35. The SMILES string of the molecule is CCCCN(C1CC1)C(CN)c1cccs1. The van der Waals surface area contributed by atoms with Gasteiger partial charge in [0.2, 0.25) is 0 Å². The second-order valence-electron chi connectivity index (χ2n) is 4.59. The highest BCUT2D eigenvalue weighted by molar-refractivity contribution is 7.10. The standard InChI is InChI=1S/C13H22N2S/c1-2-3-8-15(11-6-7-11)12(10-14)13-5-4-9-16-13/h4-5,9,11-12H,2-3,6-8,10,14H2,1H3. The van der Waals surface area contributed by atoms with Crippen LogP contribution in [0.1, 0.15) is 43.5 Å². The maximum absolute atomic E-state index is 5.97. The Kier molecular flexibility index (Phi) is 4.38. The van der Waals surface area contributed by atoms with Crippen molar-refractivity contribution in [3.63, 3.8) is 0 Å².